The molecular formula is C6H6N4. The first kappa shape index (κ1) is 8.32. The molecule has 0 aliphatic carbocycles. The molecule has 0 aromatic carbocycles. The van der Waals surface area contributed by atoms with Crippen molar-refractivity contribution >= 4 is 11.4 Å². The third-order valence-corrected chi connectivity index (χ3v) is 0.883. The smallest absolute Gasteiger partial charge is 0.171 e. The van der Waals surface area contributed by atoms with Crippen LogP contribution in [0, 0.1) is 22.7 Å². The molecule has 0 aliphatic rings. The van der Waals surface area contributed by atoms with Crippen LogP contribution in [0.5, 0.6) is 0 Å². The van der Waals surface area contributed by atoms with Crippen LogP contribution in [-0.2, 0) is 0 Å². The van der Waals surface area contributed by atoms with Crippen LogP contribution in [0.3, 0.4) is 0 Å². The fraction of sp³-hybridized carbons (Fsp3) is 0.333. The van der Waals surface area contributed by atoms with Gasteiger partial charge in [-0.25, -0.2) is 0 Å². The lowest BCUT2D eigenvalue weighted by molar-refractivity contribution is 1.42. The maximum Gasteiger partial charge on any atom is 0.171 e. The summed E-state index contributed by atoms with van der Waals surface area (Å²) in [5, 5.41) is 16.7. The number of aliphatic imine (C=N–C) groups is 2. The highest BCUT2D eigenvalue weighted by Gasteiger charge is 2.03. The molecule has 4 heteroatoms. The van der Waals surface area contributed by atoms with Crippen molar-refractivity contribution in [2.75, 3.05) is 14.1 Å². The molecule has 0 spiro atoms. The Hall–Kier alpha value is -1.68. The van der Waals surface area contributed by atoms with Crippen molar-refractivity contribution in [3.63, 3.8) is 0 Å². The van der Waals surface area contributed by atoms with Crippen molar-refractivity contribution in [2.24, 2.45) is 9.98 Å². The molecular weight excluding hydrogens is 128 g/mol. The van der Waals surface area contributed by atoms with Gasteiger partial charge in [0.25, 0.3) is 0 Å². The molecule has 0 atom stereocenters. The van der Waals surface area contributed by atoms with E-state index in [-0.39, 0.29) is 11.4 Å². The summed E-state index contributed by atoms with van der Waals surface area (Å²) in [4.78, 5) is 7.10. The number of nitriles is 2. The molecule has 4 nitrogen and oxygen atoms in total. The van der Waals surface area contributed by atoms with Crippen molar-refractivity contribution in [3.05, 3.63) is 0 Å². The van der Waals surface area contributed by atoms with Crippen molar-refractivity contribution in [1.29, 1.82) is 10.5 Å². The maximum absolute atomic E-state index is 8.35. The topological polar surface area (TPSA) is 72.3 Å². The third kappa shape index (κ3) is 1.68. The summed E-state index contributed by atoms with van der Waals surface area (Å²) < 4.78 is 0. The molecule has 0 saturated carbocycles. The summed E-state index contributed by atoms with van der Waals surface area (Å²) in [5.74, 6) is 0. The molecule has 0 aliphatic heterocycles. The average Bonchev–Trinajstić information content (AvgIpc) is 2.00. The number of hydrogen-bond acceptors (Lipinski definition) is 4. The van der Waals surface area contributed by atoms with E-state index in [0.717, 1.165) is 0 Å². The monoisotopic (exact) mass is 134 g/mol. The van der Waals surface area contributed by atoms with E-state index in [4.69, 9.17) is 10.5 Å². The predicted octanol–water partition coefficient (Wildman–Crippen LogP) is 0.175. The third-order valence-electron chi connectivity index (χ3n) is 0.883. The molecule has 0 unspecified atom stereocenters. The van der Waals surface area contributed by atoms with E-state index in [2.05, 4.69) is 9.98 Å². The van der Waals surface area contributed by atoms with Crippen LogP contribution in [0.15, 0.2) is 9.98 Å². The van der Waals surface area contributed by atoms with Crippen LogP contribution in [0.1, 0.15) is 0 Å². The molecule has 0 heterocycles. The van der Waals surface area contributed by atoms with E-state index in [9.17, 15) is 0 Å². The van der Waals surface area contributed by atoms with Gasteiger partial charge in [-0.15, -0.1) is 0 Å². The van der Waals surface area contributed by atoms with Crippen molar-refractivity contribution < 1.29 is 0 Å². The first-order valence-corrected chi connectivity index (χ1v) is 2.54. The Labute approximate surface area is 59.1 Å². The molecule has 10 heavy (non-hydrogen) atoms. The summed E-state index contributed by atoms with van der Waals surface area (Å²) in [6.45, 7) is 0. The minimum atomic E-state index is 0.0741. The Balaban J connectivity index is 4.70. The summed E-state index contributed by atoms with van der Waals surface area (Å²) in [5.41, 5.74) is 0.148. The van der Waals surface area contributed by atoms with Gasteiger partial charge in [-0.2, -0.15) is 10.5 Å². The summed E-state index contributed by atoms with van der Waals surface area (Å²) in [6.07, 6.45) is 0. The Morgan fingerprint density at radius 1 is 1.00 bits per heavy atom. The van der Waals surface area contributed by atoms with Crippen LogP contribution in [-0.4, -0.2) is 25.5 Å². The second-order valence-electron chi connectivity index (χ2n) is 1.37. The van der Waals surface area contributed by atoms with E-state index in [0.29, 0.717) is 0 Å². The highest BCUT2D eigenvalue weighted by atomic mass is 14.8. The molecule has 0 bridgehead atoms. The Kier molecular flexibility index (Phi) is 3.51. The molecule has 0 N–H and O–H groups in total. The lowest BCUT2D eigenvalue weighted by Crippen LogP contribution is -2.08. The van der Waals surface area contributed by atoms with Crippen molar-refractivity contribution in [1.82, 2.24) is 0 Å². The van der Waals surface area contributed by atoms with Crippen molar-refractivity contribution in [2.45, 2.75) is 0 Å². The molecule has 50 valence electrons. The van der Waals surface area contributed by atoms with Crippen LogP contribution < -0.4 is 0 Å². The van der Waals surface area contributed by atoms with E-state index in [1.54, 1.807) is 12.1 Å². The zero-order chi connectivity index (χ0) is 7.98. The lowest BCUT2D eigenvalue weighted by Gasteiger charge is -1.86. The zero-order valence-corrected chi connectivity index (χ0v) is 5.79. The van der Waals surface area contributed by atoms with Gasteiger partial charge in [0.1, 0.15) is 12.1 Å². The largest absolute Gasteiger partial charge is 0.275 e. The number of rotatable bonds is 1. The van der Waals surface area contributed by atoms with Gasteiger partial charge in [-0.3, -0.25) is 9.98 Å². The highest BCUT2D eigenvalue weighted by Crippen LogP contribution is 1.80. The number of nitrogens with zero attached hydrogens (tertiary/aromatic N) is 4. The minimum absolute atomic E-state index is 0.0741. The second kappa shape index (κ2) is 4.22. The van der Waals surface area contributed by atoms with E-state index < -0.39 is 0 Å². The van der Waals surface area contributed by atoms with E-state index >= 15 is 0 Å². The van der Waals surface area contributed by atoms with Gasteiger partial charge >= 0.3 is 0 Å². The molecule has 0 amide bonds. The van der Waals surface area contributed by atoms with Gasteiger partial charge < -0.3 is 0 Å². The average molecular weight is 134 g/mol. The van der Waals surface area contributed by atoms with Gasteiger partial charge in [0.05, 0.1) is 0 Å². The molecule has 0 saturated heterocycles. The normalized spacial score (nSPS) is 12.0. The van der Waals surface area contributed by atoms with Gasteiger partial charge in [-0.1, -0.05) is 0 Å². The van der Waals surface area contributed by atoms with Crippen LogP contribution in [0.4, 0.5) is 0 Å². The summed E-state index contributed by atoms with van der Waals surface area (Å²) in [7, 11) is 2.89. The first-order chi connectivity index (χ1) is 4.79. The quantitative estimate of drug-likeness (QED) is 0.479. The van der Waals surface area contributed by atoms with Gasteiger partial charge in [0.2, 0.25) is 0 Å². The maximum atomic E-state index is 8.35. The molecule has 0 rings (SSSR count). The van der Waals surface area contributed by atoms with Crippen LogP contribution >= 0.6 is 0 Å². The van der Waals surface area contributed by atoms with Crippen molar-refractivity contribution in [3.8, 4) is 12.1 Å². The number of hydrogen-bond donors (Lipinski definition) is 0. The van der Waals surface area contributed by atoms with Crippen LogP contribution in [0.2, 0.25) is 0 Å². The van der Waals surface area contributed by atoms with Gasteiger partial charge in [0, 0.05) is 14.1 Å². The fourth-order valence-electron chi connectivity index (χ4n) is 0.418. The van der Waals surface area contributed by atoms with E-state index in [1.165, 1.54) is 14.1 Å². The first-order valence-electron chi connectivity index (χ1n) is 2.54. The summed E-state index contributed by atoms with van der Waals surface area (Å²) in [6, 6.07) is 3.50. The second-order valence-corrected chi connectivity index (χ2v) is 1.37. The fourth-order valence-corrected chi connectivity index (χ4v) is 0.418. The molecule has 0 aromatic heterocycles. The molecule has 0 radical (unpaired) electrons. The van der Waals surface area contributed by atoms with E-state index in [1.807, 2.05) is 0 Å². The molecule has 0 aromatic rings. The molecule has 0 fully saturated rings. The zero-order valence-electron chi connectivity index (χ0n) is 5.79. The predicted molar refractivity (Wildman–Crippen MR) is 37.9 cm³/mol. The minimum Gasteiger partial charge on any atom is -0.275 e. The Bertz CT molecular complexity index is 220. The lowest BCUT2D eigenvalue weighted by atomic mass is 10.3. The SMILES string of the molecule is C/N=C(C#N)\C(C#N)=N/C. The Morgan fingerprint density at radius 3 is 1.40 bits per heavy atom. The summed E-state index contributed by atoms with van der Waals surface area (Å²) >= 11 is 0. The van der Waals surface area contributed by atoms with Crippen LogP contribution in [0.25, 0.3) is 0 Å². The standard InChI is InChI=1S/C6H6N4/c1-9-5(3-7)6(4-8)10-2/h1-2H3/b9-5-,10-6-. The van der Waals surface area contributed by atoms with Gasteiger partial charge in [-0.05, 0) is 0 Å². The van der Waals surface area contributed by atoms with Gasteiger partial charge in [0.15, 0.2) is 11.4 Å². The Morgan fingerprint density at radius 2 is 1.30 bits per heavy atom. The highest BCUT2D eigenvalue weighted by molar-refractivity contribution is 6.53.